The van der Waals surface area contributed by atoms with Gasteiger partial charge >= 0.3 is 0 Å². The molecule has 2 aromatic heterocycles. The molecule has 4 rings (SSSR count). The van der Waals surface area contributed by atoms with E-state index < -0.39 is 11.6 Å². The van der Waals surface area contributed by atoms with E-state index in [-0.39, 0.29) is 0 Å². The van der Waals surface area contributed by atoms with Crippen molar-refractivity contribution < 1.29 is 8.78 Å². The lowest BCUT2D eigenvalue weighted by atomic mass is 9.91. The highest BCUT2D eigenvalue weighted by Crippen LogP contribution is 2.32. The van der Waals surface area contributed by atoms with Crippen molar-refractivity contribution in [1.29, 1.82) is 0 Å². The zero-order valence-electron chi connectivity index (χ0n) is 14.0. The molecule has 134 valence electrons. The maximum absolute atomic E-state index is 13.4. The van der Waals surface area contributed by atoms with Crippen LogP contribution in [0.25, 0.3) is 10.4 Å². The second-order valence-electron chi connectivity index (χ2n) is 6.28. The topological polar surface area (TPSA) is 49.8 Å². The van der Waals surface area contributed by atoms with Crippen LogP contribution in [0.3, 0.4) is 0 Å². The molecule has 1 fully saturated rings. The lowest BCUT2D eigenvalue weighted by Crippen LogP contribution is -2.26. The highest BCUT2D eigenvalue weighted by Gasteiger charge is 2.16. The van der Waals surface area contributed by atoms with Crippen molar-refractivity contribution in [2.24, 2.45) is 0 Å². The molecular formula is C19H18F2N4S. The van der Waals surface area contributed by atoms with Crippen LogP contribution in [0.2, 0.25) is 0 Å². The summed E-state index contributed by atoms with van der Waals surface area (Å²) in [7, 11) is 0. The van der Waals surface area contributed by atoms with Gasteiger partial charge < -0.3 is 10.6 Å². The van der Waals surface area contributed by atoms with Crippen LogP contribution >= 0.6 is 11.3 Å². The Morgan fingerprint density at radius 2 is 1.88 bits per heavy atom. The van der Waals surface area contributed by atoms with Gasteiger partial charge in [-0.05, 0) is 67.2 Å². The smallest absolute Gasteiger partial charge is 0.188 e. The fourth-order valence-corrected chi connectivity index (χ4v) is 3.97. The average Bonchev–Trinajstić information content (AvgIpc) is 3.13. The monoisotopic (exact) mass is 372 g/mol. The largest absolute Gasteiger partial charge is 0.317 e. The van der Waals surface area contributed by atoms with Crippen LogP contribution < -0.4 is 10.6 Å². The number of rotatable bonds is 4. The first-order chi connectivity index (χ1) is 12.7. The number of hydrogen-bond donors (Lipinski definition) is 2. The van der Waals surface area contributed by atoms with Crippen LogP contribution in [0.4, 0.5) is 19.7 Å². The molecule has 3 heterocycles. The molecule has 3 aromatic rings. The molecule has 7 heteroatoms. The third kappa shape index (κ3) is 3.73. The van der Waals surface area contributed by atoms with Gasteiger partial charge in [0, 0.05) is 12.4 Å². The molecule has 0 aliphatic carbocycles. The Kier molecular flexibility index (Phi) is 4.90. The Bertz CT molecular complexity index is 906. The number of aromatic nitrogens is 2. The average molecular weight is 372 g/mol. The number of pyridine rings is 1. The van der Waals surface area contributed by atoms with Crippen LogP contribution in [0.1, 0.15) is 24.3 Å². The van der Waals surface area contributed by atoms with Gasteiger partial charge in [0.1, 0.15) is 5.82 Å². The van der Waals surface area contributed by atoms with Crippen LogP contribution in [0.15, 0.2) is 42.7 Å². The predicted molar refractivity (Wildman–Crippen MR) is 99.8 cm³/mol. The molecule has 0 radical (unpaired) electrons. The first-order valence-electron chi connectivity index (χ1n) is 8.54. The lowest BCUT2D eigenvalue weighted by Gasteiger charge is -2.23. The Hall–Kier alpha value is -2.38. The molecule has 4 nitrogen and oxygen atoms in total. The van der Waals surface area contributed by atoms with Crippen LogP contribution in [0.5, 0.6) is 0 Å². The fourth-order valence-electron chi connectivity index (χ4n) is 3.15. The SMILES string of the molecule is Fc1ccc(-c2cnc(Nc3cc(C4CCNCC4)ccn3)s2)cc1F. The minimum Gasteiger partial charge on any atom is -0.317 e. The summed E-state index contributed by atoms with van der Waals surface area (Å²) in [5, 5.41) is 7.25. The van der Waals surface area contributed by atoms with Crippen molar-refractivity contribution in [3.8, 4) is 10.4 Å². The first kappa shape index (κ1) is 17.1. The van der Waals surface area contributed by atoms with E-state index in [1.165, 1.54) is 23.0 Å². The summed E-state index contributed by atoms with van der Waals surface area (Å²) in [6.07, 6.45) is 5.71. The quantitative estimate of drug-likeness (QED) is 0.697. The molecule has 2 N–H and O–H groups in total. The Morgan fingerprint density at radius 3 is 2.69 bits per heavy atom. The minimum atomic E-state index is -0.859. The molecule has 1 aliphatic rings. The number of thiazole rings is 1. The van der Waals surface area contributed by atoms with Gasteiger partial charge in [-0.15, -0.1) is 0 Å². The van der Waals surface area contributed by atoms with Gasteiger partial charge in [0.05, 0.1) is 4.88 Å². The van der Waals surface area contributed by atoms with E-state index in [4.69, 9.17) is 0 Å². The van der Waals surface area contributed by atoms with Gasteiger partial charge in [0.2, 0.25) is 0 Å². The van der Waals surface area contributed by atoms with E-state index in [9.17, 15) is 8.78 Å². The Balaban J connectivity index is 1.51. The van der Waals surface area contributed by atoms with Gasteiger partial charge in [-0.1, -0.05) is 17.4 Å². The number of halogens is 2. The fraction of sp³-hybridized carbons (Fsp3) is 0.263. The summed E-state index contributed by atoms with van der Waals surface area (Å²) in [6.45, 7) is 2.08. The minimum absolute atomic E-state index is 0.550. The molecule has 0 unspecified atom stereocenters. The first-order valence-corrected chi connectivity index (χ1v) is 9.35. The zero-order chi connectivity index (χ0) is 17.9. The van der Waals surface area contributed by atoms with Crippen molar-refractivity contribution in [1.82, 2.24) is 15.3 Å². The van der Waals surface area contributed by atoms with Crippen molar-refractivity contribution in [2.75, 3.05) is 18.4 Å². The highest BCUT2D eigenvalue weighted by atomic mass is 32.1. The summed E-state index contributed by atoms with van der Waals surface area (Å²) in [6, 6.07) is 7.99. The summed E-state index contributed by atoms with van der Waals surface area (Å²) < 4.78 is 26.5. The normalized spacial score (nSPS) is 15.2. The van der Waals surface area contributed by atoms with E-state index in [1.807, 2.05) is 6.20 Å². The van der Waals surface area contributed by atoms with Gasteiger partial charge in [-0.25, -0.2) is 18.7 Å². The third-order valence-electron chi connectivity index (χ3n) is 4.54. The van der Waals surface area contributed by atoms with E-state index in [0.29, 0.717) is 16.6 Å². The maximum atomic E-state index is 13.4. The molecule has 1 aromatic carbocycles. The number of anilines is 2. The molecule has 0 atom stereocenters. The van der Waals surface area contributed by atoms with Crippen LogP contribution in [0, 0.1) is 11.6 Å². The summed E-state index contributed by atoms with van der Waals surface area (Å²) in [5.74, 6) is -0.418. The number of benzene rings is 1. The van der Waals surface area contributed by atoms with E-state index in [2.05, 4.69) is 32.7 Å². The number of nitrogens with zero attached hydrogens (tertiary/aromatic N) is 2. The third-order valence-corrected chi connectivity index (χ3v) is 5.50. The summed E-state index contributed by atoms with van der Waals surface area (Å²) >= 11 is 1.38. The number of piperidine rings is 1. The van der Waals surface area contributed by atoms with E-state index in [0.717, 1.165) is 42.7 Å². The van der Waals surface area contributed by atoms with Crippen LogP contribution in [-0.4, -0.2) is 23.1 Å². The molecular weight excluding hydrogens is 354 g/mol. The van der Waals surface area contributed by atoms with Crippen molar-refractivity contribution >= 4 is 22.3 Å². The van der Waals surface area contributed by atoms with Gasteiger partial charge in [-0.2, -0.15) is 0 Å². The lowest BCUT2D eigenvalue weighted by molar-refractivity contribution is 0.460. The van der Waals surface area contributed by atoms with E-state index >= 15 is 0 Å². The van der Waals surface area contributed by atoms with Crippen LogP contribution in [-0.2, 0) is 0 Å². The molecule has 0 spiro atoms. The molecule has 0 saturated carbocycles. The maximum Gasteiger partial charge on any atom is 0.188 e. The second kappa shape index (κ2) is 7.47. The molecule has 0 amide bonds. The Labute approximate surface area is 154 Å². The molecule has 1 saturated heterocycles. The molecule has 26 heavy (non-hydrogen) atoms. The molecule has 1 aliphatic heterocycles. The number of hydrogen-bond acceptors (Lipinski definition) is 5. The zero-order valence-corrected chi connectivity index (χ0v) is 14.8. The van der Waals surface area contributed by atoms with Crippen molar-refractivity contribution in [2.45, 2.75) is 18.8 Å². The molecule has 0 bridgehead atoms. The van der Waals surface area contributed by atoms with Crippen molar-refractivity contribution in [3.63, 3.8) is 0 Å². The van der Waals surface area contributed by atoms with Gasteiger partial charge in [0.15, 0.2) is 16.8 Å². The standard InChI is InChI=1S/C19H18F2N4S/c20-15-2-1-14(9-16(15)21)17-11-24-19(26-17)25-18-10-13(5-8-23-18)12-3-6-22-7-4-12/h1-2,5,8-12,22H,3-4,6-7H2,(H,23,24,25). The van der Waals surface area contributed by atoms with Gasteiger partial charge in [-0.3, -0.25) is 0 Å². The number of nitrogens with one attached hydrogen (secondary N) is 2. The summed E-state index contributed by atoms with van der Waals surface area (Å²) in [5.41, 5.74) is 1.88. The summed E-state index contributed by atoms with van der Waals surface area (Å²) in [4.78, 5) is 9.46. The highest BCUT2D eigenvalue weighted by molar-refractivity contribution is 7.18. The van der Waals surface area contributed by atoms with Crippen molar-refractivity contribution in [3.05, 3.63) is 59.9 Å². The second-order valence-corrected chi connectivity index (χ2v) is 7.31. The van der Waals surface area contributed by atoms with E-state index in [1.54, 1.807) is 12.3 Å². The predicted octanol–water partition coefficient (Wildman–Crippen LogP) is 4.69. The van der Waals surface area contributed by atoms with Gasteiger partial charge in [0.25, 0.3) is 0 Å². The Morgan fingerprint density at radius 1 is 1.04 bits per heavy atom.